The third kappa shape index (κ3) is 2.89. The zero-order chi connectivity index (χ0) is 14.0. The molecule has 0 aliphatic rings. The molecular weight excluding hydrogens is 238 g/mol. The summed E-state index contributed by atoms with van der Waals surface area (Å²) in [5, 5.41) is 6.90. The van der Waals surface area contributed by atoms with Gasteiger partial charge in [-0.25, -0.2) is 0 Å². The van der Waals surface area contributed by atoms with E-state index in [2.05, 4.69) is 37.0 Å². The number of anilines is 1. The monoisotopic (exact) mass is 259 g/mol. The molecule has 1 aromatic heterocycles. The zero-order valence-corrected chi connectivity index (χ0v) is 11.9. The van der Waals surface area contributed by atoms with Crippen LogP contribution in [-0.4, -0.2) is 16.8 Å². The Morgan fingerprint density at radius 3 is 2.53 bits per heavy atom. The van der Waals surface area contributed by atoms with Crippen LogP contribution in [0, 0.1) is 0 Å². The summed E-state index contributed by atoms with van der Waals surface area (Å²) in [7, 11) is 0. The first-order valence-electron chi connectivity index (χ1n) is 6.50. The summed E-state index contributed by atoms with van der Waals surface area (Å²) in [6.45, 7) is 9.19. The lowest BCUT2D eigenvalue weighted by Gasteiger charge is -2.23. The van der Waals surface area contributed by atoms with Crippen LogP contribution in [0.1, 0.15) is 33.3 Å². The van der Waals surface area contributed by atoms with Crippen LogP contribution in [0.15, 0.2) is 24.3 Å². The van der Waals surface area contributed by atoms with Crippen molar-refractivity contribution < 1.29 is 4.74 Å². The van der Waals surface area contributed by atoms with E-state index in [0.29, 0.717) is 12.4 Å². The van der Waals surface area contributed by atoms with Gasteiger partial charge in [-0.1, -0.05) is 20.8 Å². The van der Waals surface area contributed by atoms with Crippen molar-refractivity contribution in [3.05, 3.63) is 29.8 Å². The van der Waals surface area contributed by atoms with Gasteiger partial charge in [0.15, 0.2) is 0 Å². The molecule has 2 aromatic rings. The fourth-order valence-corrected chi connectivity index (χ4v) is 2.05. The molecule has 0 aliphatic carbocycles. The number of nitrogen functional groups attached to an aromatic ring is 1. The molecule has 0 spiro atoms. The molecule has 3 N–H and O–H groups in total. The van der Waals surface area contributed by atoms with Crippen LogP contribution in [0.5, 0.6) is 5.75 Å². The summed E-state index contributed by atoms with van der Waals surface area (Å²) in [6.07, 6.45) is 0. The van der Waals surface area contributed by atoms with E-state index in [9.17, 15) is 0 Å². The predicted octanol–water partition coefficient (Wildman–Crippen LogP) is 3.36. The number of rotatable bonds is 3. The van der Waals surface area contributed by atoms with Gasteiger partial charge in [0.2, 0.25) is 0 Å². The van der Waals surface area contributed by atoms with Gasteiger partial charge >= 0.3 is 0 Å². The molecule has 0 radical (unpaired) electrons. The van der Waals surface area contributed by atoms with E-state index in [-0.39, 0.29) is 5.41 Å². The molecule has 19 heavy (non-hydrogen) atoms. The molecule has 0 unspecified atom stereocenters. The Bertz CT molecular complexity index is 567. The highest BCUT2D eigenvalue weighted by molar-refractivity contribution is 5.65. The Hall–Kier alpha value is -1.97. The molecule has 0 atom stereocenters. The summed E-state index contributed by atoms with van der Waals surface area (Å²) >= 11 is 0. The number of benzene rings is 1. The Balaban J connectivity index is 2.49. The largest absolute Gasteiger partial charge is 0.494 e. The first-order valence-corrected chi connectivity index (χ1v) is 6.50. The Kier molecular flexibility index (Phi) is 3.51. The normalized spacial score (nSPS) is 11.6. The van der Waals surface area contributed by atoms with Crippen molar-refractivity contribution in [2.24, 2.45) is 0 Å². The van der Waals surface area contributed by atoms with Gasteiger partial charge in [0, 0.05) is 17.2 Å². The highest BCUT2D eigenvalue weighted by atomic mass is 16.5. The molecule has 4 nitrogen and oxygen atoms in total. The van der Waals surface area contributed by atoms with Crippen molar-refractivity contribution in [3.63, 3.8) is 0 Å². The third-order valence-corrected chi connectivity index (χ3v) is 3.00. The standard InChI is InChI=1S/C15H21N3O/c1-5-19-13-7-6-10(8-11(13)15(2,3)4)12-9-14(16)18-17-12/h6-9H,5H2,1-4H3,(H3,16,17,18). The van der Waals surface area contributed by atoms with Gasteiger partial charge in [-0.2, -0.15) is 5.10 Å². The smallest absolute Gasteiger partial charge is 0.145 e. The second-order valence-electron chi connectivity index (χ2n) is 5.60. The van der Waals surface area contributed by atoms with Crippen LogP contribution in [0.2, 0.25) is 0 Å². The van der Waals surface area contributed by atoms with E-state index >= 15 is 0 Å². The highest BCUT2D eigenvalue weighted by Gasteiger charge is 2.20. The van der Waals surface area contributed by atoms with Crippen LogP contribution >= 0.6 is 0 Å². The van der Waals surface area contributed by atoms with Crippen LogP contribution < -0.4 is 10.5 Å². The minimum absolute atomic E-state index is 0.0199. The van der Waals surface area contributed by atoms with Crippen molar-refractivity contribution in [1.29, 1.82) is 0 Å². The molecule has 0 bridgehead atoms. The number of nitrogens with one attached hydrogen (secondary N) is 1. The van der Waals surface area contributed by atoms with Crippen LogP contribution in [-0.2, 0) is 5.41 Å². The van der Waals surface area contributed by atoms with E-state index in [1.807, 2.05) is 25.1 Å². The fraction of sp³-hybridized carbons (Fsp3) is 0.400. The summed E-state index contributed by atoms with van der Waals surface area (Å²) in [5.41, 5.74) is 8.84. The molecule has 0 saturated carbocycles. The minimum atomic E-state index is 0.0199. The number of aromatic nitrogens is 2. The molecule has 4 heteroatoms. The zero-order valence-electron chi connectivity index (χ0n) is 11.9. The average molecular weight is 259 g/mol. The van der Waals surface area contributed by atoms with Crippen LogP contribution in [0.3, 0.4) is 0 Å². The lowest BCUT2D eigenvalue weighted by Crippen LogP contribution is -2.13. The number of hydrogen-bond donors (Lipinski definition) is 2. The molecule has 0 aliphatic heterocycles. The van der Waals surface area contributed by atoms with Gasteiger partial charge < -0.3 is 10.5 Å². The first-order chi connectivity index (χ1) is 8.91. The Labute approximate surface area is 114 Å². The van der Waals surface area contributed by atoms with Crippen molar-refractivity contribution in [2.75, 3.05) is 12.3 Å². The molecule has 102 valence electrons. The van der Waals surface area contributed by atoms with E-state index in [0.717, 1.165) is 17.0 Å². The van der Waals surface area contributed by atoms with E-state index in [1.54, 1.807) is 0 Å². The van der Waals surface area contributed by atoms with Gasteiger partial charge in [-0.05, 0) is 30.5 Å². The second-order valence-corrected chi connectivity index (χ2v) is 5.60. The minimum Gasteiger partial charge on any atom is -0.494 e. The second kappa shape index (κ2) is 4.96. The van der Waals surface area contributed by atoms with Crippen molar-refractivity contribution in [2.45, 2.75) is 33.1 Å². The average Bonchev–Trinajstić information content (AvgIpc) is 2.75. The molecule has 1 heterocycles. The number of ether oxygens (including phenoxy) is 1. The Morgan fingerprint density at radius 2 is 2.00 bits per heavy atom. The number of nitrogens with two attached hydrogens (primary N) is 1. The summed E-state index contributed by atoms with van der Waals surface area (Å²) in [6, 6.07) is 8.00. The SMILES string of the molecule is CCOc1ccc(-c2cc(N)n[nH]2)cc1C(C)(C)C. The van der Waals surface area contributed by atoms with Gasteiger partial charge in [0.25, 0.3) is 0 Å². The number of nitrogens with zero attached hydrogens (tertiary/aromatic N) is 1. The first kappa shape index (κ1) is 13.5. The van der Waals surface area contributed by atoms with Crippen molar-refractivity contribution >= 4 is 5.82 Å². The molecule has 1 aromatic carbocycles. The molecule has 0 saturated heterocycles. The summed E-state index contributed by atoms with van der Waals surface area (Å²) < 4.78 is 5.71. The lowest BCUT2D eigenvalue weighted by atomic mass is 9.85. The quantitative estimate of drug-likeness (QED) is 0.888. The van der Waals surface area contributed by atoms with Crippen molar-refractivity contribution in [1.82, 2.24) is 10.2 Å². The van der Waals surface area contributed by atoms with Crippen LogP contribution in [0.25, 0.3) is 11.3 Å². The fourth-order valence-electron chi connectivity index (χ4n) is 2.05. The summed E-state index contributed by atoms with van der Waals surface area (Å²) in [5.74, 6) is 1.44. The molecular formula is C15H21N3O. The Morgan fingerprint density at radius 1 is 1.26 bits per heavy atom. The van der Waals surface area contributed by atoms with E-state index < -0.39 is 0 Å². The summed E-state index contributed by atoms with van der Waals surface area (Å²) in [4.78, 5) is 0. The maximum absolute atomic E-state index is 5.71. The van der Waals surface area contributed by atoms with Crippen molar-refractivity contribution in [3.8, 4) is 17.0 Å². The maximum atomic E-state index is 5.71. The topological polar surface area (TPSA) is 63.9 Å². The number of hydrogen-bond acceptors (Lipinski definition) is 3. The van der Waals surface area contributed by atoms with Gasteiger partial charge in [0.05, 0.1) is 12.3 Å². The van der Waals surface area contributed by atoms with Crippen LogP contribution in [0.4, 0.5) is 5.82 Å². The molecule has 0 fully saturated rings. The molecule has 0 amide bonds. The third-order valence-electron chi connectivity index (χ3n) is 3.00. The van der Waals surface area contributed by atoms with Gasteiger partial charge in [0.1, 0.15) is 11.6 Å². The predicted molar refractivity (Wildman–Crippen MR) is 78.3 cm³/mol. The van der Waals surface area contributed by atoms with E-state index in [1.165, 1.54) is 5.56 Å². The number of aromatic amines is 1. The maximum Gasteiger partial charge on any atom is 0.145 e. The highest BCUT2D eigenvalue weighted by Crippen LogP contribution is 2.34. The number of H-pyrrole nitrogens is 1. The molecule has 2 rings (SSSR count). The van der Waals surface area contributed by atoms with Gasteiger partial charge in [-0.15, -0.1) is 0 Å². The van der Waals surface area contributed by atoms with Gasteiger partial charge in [-0.3, -0.25) is 5.10 Å². The lowest BCUT2D eigenvalue weighted by molar-refractivity contribution is 0.330. The van der Waals surface area contributed by atoms with E-state index in [4.69, 9.17) is 10.5 Å².